The first-order valence-corrected chi connectivity index (χ1v) is 9.45. The maximum absolute atomic E-state index is 12.4. The fourth-order valence-electron chi connectivity index (χ4n) is 3.14. The molecule has 0 spiro atoms. The maximum Gasteiger partial charge on any atom is 0.413 e. The summed E-state index contributed by atoms with van der Waals surface area (Å²) in [4.78, 5) is 37.9. The molecule has 29 heavy (non-hydrogen) atoms. The summed E-state index contributed by atoms with van der Waals surface area (Å²) in [6.45, 7) is 3.83. The van der Waals surface area contributed by atoms with Gasteiger partial charge in [0, 0.05) is 12.1 Å². The molecule has 152 valence electrons. The summed E-state index contributed by atoms with van der Waals surface area (Å²) in [7, 11) is 0. The van der Waals surface area contributed by atoms with Crippen LogP contribution in [0, 0.1) is 13.8 Å². The number of amides is 2. The molecule has 1 saturated heterocycles. The third kappa shape index (κ3) is 5.34. The Hall–Kier alpha value is -3.35. The molecule has 0 radical (unpaired) electrons. The average molecular weight is 396 g/mol. The van der Waals surface area contributed by atoms with Crippen molar-refractivity contribution in [2.24, 2.45) is 0 Å². The van der Waals surface area contributed by atoms with Crippen LogP contribution in [0.2, 0.25) is 0 Å². The van der Waals surface area contributed by atoms with Gasteiger partial charge in [-0.3, -0.25) is 9.69 Å². The lowest BCUT2D eigenvalue weighted by Crippen LogP contribution is -2.39. The van der Waals surface area contributed by atoms with Gasteiger partial charge in [0.2, 0.25) is 5.91 Å². The molecular formula is C22H24N2O5. The highest BCUT2D eigenvalue weighted by Gasteiger charge is 2.38. The summed E-state index contributed by atoms with van der Waals surface area (Å²) in [5.41, 5.74) is 3.65. The lowest BCUT2D eigenvalue weighted by Gasteiger charge is -2.19. The molecule has 1 heterocycles. The molecule has 0 aromatic heterocycles. The van der Waals surface area contributed by atoms with E-state index in [1.54, 1.807) is 0 Å². The Morgan fingerprint density at radius 1 is 1.17 bits per heavy atom. The van der Waals surface area contributed by atoms with Crippen molar-refractivity contribution in [2.75, 3.05) is 12.0 Å². The number of carbonyl (C=O) groups is 3. The van der Waals surface area contributed by atoms with Crippen LogP contribution in [0.4, 0.5) is 10.5 Å². The van der Waals surface area contributed by atoms with E-state index < -0.39 is 18.1 Å². The highest BCUT2D eigenvalue weighted by molar-refractivity contribution is 5.92. The largest absolute Gasteiger partial charge is 0.444 e. The minimum absolute atomic E-state index is 0.0789. The number of esters is 1. The van der Waals surface area contributed by atoms with Gasteiger partial charge in [-0.15, -0.1) is 0 Å². The molecule has 0 bridgehead atoms. The van der Waals surface area contributed by atoms with Gasteiger partial charge < -0.3 is 14.8 Å². The zero-order valence-corrected chi connectivity index (χ0v) is 16.5. The van der Waals surface area contributed by atoms with Crippen molar-refractivity contribution in [2.45, 2.75) is 39.3 Å². The van der Waals surface area contributed by atoms with Crippen molar-refractivity contribution >= 4 is 23.7 Å². The number of nitrogens with zero attached hydrogens (tertiary/aromatic N) is 1. The molecule has 1 aliphatic heterocycles. The lowest BCUT2D eigenvalue weighted by atomic mass is 10.1. The van der Waals surface area contributed by atoms with E-state index in [2.05, 4.69) is 5.32 Å². The van der Waals surface area contributed by atoms with Gasteiger partial charge in [-0.1, -0.05) is 48.0 Å². The zero-order chi connectivity index (χ0) is 20.8. The summed E-state index contributed by atoms with van der Waals surface area (Å²) in [5.74, 6) is -0.754. The zero-order valence-electron chi connectivity index (χ0n) is 16.5. The van der Waals surface area contributed by atoms with Crippen molar-refractivity contribution in [3.63, 3.8) is 0 Å². The highest BCUT2D eigenvalue weighted by atomic mass is 16.6. The monoisotopic (exact) mass is 396 g/mol. The van der Waals surface area contributed by atoms with Gasteiger partial charge in [0.05, 0.1) is 0 Å². The highest BCUT2D eigenvalue weighted by Crippen LogP contribution is 2.20. The fraction of sp³-hybridized carbons (Fsp3) is 0.318. The summed E-state index contributed by atoms with van der Waals surface area (Å²) < 4.78 is 10.3. The SMILES string of the molecule is Cc1ccc(NC(=O)CC[C@@H]2C(=O)OCN2C(=O)OCc2ccccc2)c(C)c1. The molecule has 2 amide bonds. The number of anilines is 1. The van der Waals surface area contributed by atoms with Crippen LogP contribution in [0.5, 0.6) is 0 Å². The molecule has 2 aromatic carbocycles. The predicted octanol–water partition coefficient (Wildman–Crippen LogP) is 3.54. The molecule has 0 aliphatic carbocycles. The third-order valence-corrected chi connectivity index (χ3v) is 4.73. The van der Waals surface area contributed by atoms with Crippen molar-refractivity contribution < 1.29 is 23.9 Å². The van der Waals surface area contributed by atoms with Gasteiger partial charge in [-0.05, 0) is 37.5 Å². The molecule has 1 fully saturated rings. The first kappa shape index (κ1) is 20.4. The first-order valence-electron chi connectivity index (χ1n) is 9.45. The second kappa shape index (κ2) is 9.23. The van der Waals surface area contributed by atoms with Crippen LogP contribution in [0.15, 0.2) is 48.5 Å². The van der Waals surface area contributed by atoms with Crippen molar-refractivity contribution in [1.29, 1.82) is 0 Å². The summed E-state index contributed by atoms with van der Waals surface area (Å²) in [6, 6.07) is 14.2. The van der Waals surface area contributed by atoms with Gasteiger partial charge in [0.25, 0.3) is 0 Å². The van der Waals surface area contributed by atoms with Crippen LogP contribution < -0.4 is 5.32 Å². The molecule has 0 unspecified atom stereocenters. The minimum Gasteiger partial charge on any atom is -0.444 e. The lowest BCUT2D eigenvalue weighted by molar-refractivity contribution is -0.139. The van der Waals surface area contributed by atoms with E-state index in [4.69, 9.17) is 9.47 Å². The molecule has 1 N–H and O–H groups in total. The molecule has 7 heteroatoms. The van der Waals surface area contributed by atoms with Crippen molar-refractivity contribution in [3.05, 3.63) is 65.2 Å². The van der Waals surface area contributed by atoms with Crippen LogP contribution in [-0.4, -0.2) is 35.6 Å². The second-order valence-corrected chi connectivity index (χ2v) is 7.02. The molecule has 7 nitrogen and oxygen atoms in total. The third-order valence-electron chi connectivity index (χ3n) is 4.73. The van der Waals surface area contributed by atoms with Gasteiger partial charge >= 0.3 is 12.1 Å². The van der Waals surface area contributed by atoms with Gasteiger partial charge in [-0.25, -0.2) is 9.59 Å². The van der Waals surface area contributed by atoms with Crippen molar-refractivity contribution in [3.8, 4) is 0 Å². The van der Waals surface area contributed by atoms with E-state index in [1.165, 1.54) is 4.90 Å². The number of nitrogens with one attached hydrogen (secondary N) is 1. The Morgan fingerprint density at radius 2 is 1.93 bits per heavy atom. The van der Waals surface area contributed by atoms with Crippen LogP contribution >= 0.6 is 0 Å². The van der Waals surface area contributed by atoms with Gasteiger partial charge in [0.1, 0.15) is 12.6 Å². The number of benzene rings is 2. The standard InChI is InChI=1S/C22H24N2O5/c1-15-8-9-18(16(2)12-15)23-20(25)11-10-19-21(26)29-14-24(19)22(27)28-13-17-6-4-3-5-7-17/h3-9,12,19H,10-11,13-14H2,1-2H3,(H,23,25)/t19-/m1/s1. The van der Waals surface area contributed by atoms with Crippen LogP contribution in [0.25, 0.3) is 0 Å². The smallest absolute Gasteiger partial charge is 0.413 e. The molecular weight excluding hydrogens is 372 g/mol. The summed E-state index contributed by atoms with van der Waals surface area (Å²) >= 11 is 0. The average Bonchev–Trinajstić information content (AvgIpc) is 3.08. The topological polar surface area (TPSA) is 84.9 Å². The Kier molecular flexibility index (Phi) is 6.49. The maximum atomic E-state index is 12.4. The number of aryl methyl sites for hydroxylation is 2. The molecule has 3 rings (SSSR count). The molecule has 1 aliphatic rings. The van der Waals surface area contributed by atoms with Gasteiger partial charge in [0.15, 0.2) is 6.73 Å². The molecule has 0 saturated carbocycles. The van der Waals surface area contributed by atoms with E-state index in [1.807, 2.05) is 62.4 Å². The summed E-state index contributed by atoms with van der Waals surface area (Å²) in [6.07, 6.45) is -0.398. The number of carbonyl (C=O) groups excluding carboxylic acids is 3. The molecule has 2 aromatic rings. The number of cyclic esters (lactones) is 1. The van der Waals surface area contributed by atoms with Crippen LogP contribution in [0.3, 0.4) is 0 Å². The fourth-order valence-corrected chi connectivity index (χ4v) is 3.14. The minimum atomic E-state index is -0.830. The number of hydrogen-bond donors (Lipinski definition) is 1. The first-order chi connectivity index (χ1) is 13.9. The van der Waals surface area contributed by atoms with E-state index in [9.17, 15) is 14.4 Å². The van der Waals surface area contributed by atoms with Gasteiger partial charge in [-0.2, -0.15) is 0 Å². The number of rotatable bonds is 6. The number of hydrogen-bond acceptors (Lipinski definition) is 5. The van der Waals surface area contributed by atoms with E-state index >= 15 is 0 Å². The quantitative estimate of drug-likeness (QED) is 0.755. The Labute approximate surface area is 169 Å². The Bertz CT molecular complexity index is 897. The van der Waals surface area contributed by atoms with E-state index in [0.717, 1.165) is 22.4 Å². The van der Waals surface area contributed by atoms with E-state index in [-0.39, 0.29) is 32.1 Å². The van der Waals surface area contributed by atoms with Crippen LogP contribution in [0.1, 0.15) is 29.5 Å². The van der Waals surface area contributed by atoms with E-state index in [0.29, 0.717) is 0 Å². The number of ether oxygens (including phenoxy) is 2. The van der Waals surface area contributed by atoms with Crippen LogP contribution in [-0.2, 0) is 25.7 Å². The molecule has 1 atom stereocenters. The predicted molar refractivity (Wildman–Crippen MR) is 107 cm³/mol. The summed E-state index contributed by atoms with van der Waals surface area (Å²) in [5, 5.41) is 2.84. The normalized spacial score (nSPS) is 15.7. The second-order valence-electron chi connectivity index (χ2n) is 7.02. The Morgan fingerprint density at radius 3 is 2.66 bits per heavy atom. The Balaban J connectivity index is 1.53. The van der Waals surface area contributed by atoms with Crippen molar-refractivity contribution in [1.82, 2.24) is 4.90 Å².